The summed E-state index contributed by atoms with van der Waals surface area (Å²) in [5, 5.41) is 19.7. The summed E-state index contributed by atoms with van der Waals surface area (Å²) in [6.07, 6.45) is 0.674. The zero-order chi connectivity index (χ0) is 11.7. The molecule has 0 aromatic heterocycles. The van der Waals surface area contributed by atoms with Crippen LogP contribution in [0.3, 0.4) is 0 Å². The summed E-state index contributed by atoms with van der Waals surface area (Å²) in [4.78, 5) is 11.4. The van der Waals surface area contributed by atoms with Gasteiger partial charge in [-0.3, -0.25) is 4.79 Å². The van der Waals surface area contributed by atoms with Gasteiger partial charge < -0.3 is 15.2 Å². The van der Waals surface area contributed by atoms with Crippen LogP contribution in [0.5, 0.6) is 0 Å². The molecule has 0 bridgehead atoms. The molecule has 0 aromatic carbocycles. The van der Waals surface area contributed by atoms with E-state index in [9.17, 15) is 4.79 Å². The maximum Gasteiger partial charge on any atom is 0.239 e. The third-order valence-electron chi connectivity index (χ3n) is 1.83. The van der Waals surface area contributed by atoms with Gasteiger partial charge in [-0.2, -0.15) is 5.26 Å². The van der Waals surface area contributed by atoms with Gasteiger partial charge >= 0.3 is 0 Å². The average molecular weight is 214 g/mol. The summed E-state index contributed by atoms with van der Waals surface area (Å²) >= 11 is 0. The van der Waals surface area contributed by atoms with E-state index in [1.165, 1.54) is 0 Å². The molecule has 0 spiro atoms. The Morgan fingerprint density at radius 1 is 1.53 bits per heavy atom. The van der Waals surface area contributed by atoms with E-state index < -0.39 is 5.41 Å². The summed E-state index contributed by atoms with van der Waals surface area (Å²) in [5.74, 6) is -0.271. The molecular weight excluding hydrogens is 196 g/mol. The van der Waals surface area contributed by atoms with E-state index in [0.29, 0.717) is 26.2 Å². The van der Waals surface area contributed by atoms with Crippen molar-refractivity contribution in [3.8, 4) is 6.07 Å². The first-order chi connectivity index (χ1) is 7.04. The van der Waals surface area contributed by atoms with Gasteiger partial charge in [0.2, 0.25) is 5.91 Å². The lowest BCUT2D eigenvalue weighted by Gasteiger charge is -2.14. The zero-order valence-electron chi connectivity index (χ0n) is 9.25. The molecule has 0 aromatic rings. The first-order valence-electron chi connectivity index (χ1n) is 4.92. The molecule has 0 rings (SSSR count). The zero-order valence-corrected chi connectivity index (χ0v) is 9.25. The summed E-state index contributed by atoms with van der Waals surface area (Å²) < 4.78 is 5.01. The molecular formula is C10H18N2O3. The molecule has 1 amide bonds. The number of nitrogens with one attached hydrogen (secondary N) is 1. The number of aliphatic hydroxyl groups is 1. The molecule has 0 heterocycles. The number of rotatable bonds is 7. The van der Waals surface area contributed by atoms with Crippen molar-refractivity contribution in [2.45, 2.75) is 20.3 Å². The normalized spacial score (nSPS) is 10.8. The number of nitriles is 1. The lowest BCUT2D eigenvalue weighted by molar-refractivity contribution is -0.126. The van der Waals surface area contributed by atoms with E-state index >= 15 is 0 Å². The fourth-order valence-corrected chi connectivity index (χ4v) is 0.815. The second-order valence-corrected chi connectivity index (χ2v) is 3.68. The monoisotopic (exact) mass is 214 g/mol. The highest BCUT2D eigenvalue weighted by Gasteiger charge is 2.26. The number of hydrogen-bond donors (Lipinski definition) is 2. The molecule has 0 unspecified atom stereocenters. The molecule has 2 N–H and O–H groups in total. The SMILES string of the molecule is CC(C)(C#N)C(=O)NCCCOCCO. The molecule has 5 heteroatoms. The average Bonchev–Trinajstić information content (AvgIpc) is 2.22. The predicted octanol–water partition coefficient (Wildman–Crippen LogP) is 0.0514. The summed E-state index contributed by atoms with van der Waals surface area (Å²) in [6, 6.07) is 1.93. The Balaban J connectivity index is 3.53. The van der Waals surface area contributed by atoms with E-state index in [0.717, 1.165) is 0 Å². The van der Waals surface area contributed by atoms with Crippen molar-refractivity contribution in [2.24, 2.45) is 5.41 Å². The molecule has 0 atom stereocenters. The Labute approximate surface area is 90.0 Å². The van der Waals surface area contributed by atoms with Crippen LogP contribution < -0.4 is 5.32 Å². The number of aliphatic hydroxyl groups excluding tert-OH is 1. The maximum absolute atomic E-state index is 11.4. The topological polar surface area (TPSA) is 82.4 Å². The van der Waals surface area contributed by atoms with Gasteiger partial charge in [0.1, 0.15) is 5.41 Å². The smallest absolute Gasteiger partial charge is 0.239 e. The molecule has 0 aliphatic carbocycles. The molecule has 0 aliphatic heterocycles. The number of ether oxygens (including phenoxy) is 1. The van der Waals surface area contributed by atoms with Crippen molar-refractivity contribution >= 4 is 5.91 Å². The molecule has 0 fully saturated rings. The summed E-state index contributed by atoms with van der Waals surface area (Å²) in [7, 11) is 0. The molecule has 86 valence electrons. The highest BCUT2D eigenvalue weighted by atomic mass is 16.5. The Kier molecular flexibility index (Phi) is 6.67. The highest BCUT2D eigenvalue weighted by molar-refractivity contribution is 5.84. The fourth-order valence-electron chi connectivity index (χ4n) is 0.815. The first-order valence-corrected chi connectivity index (χ1v) is 4.92. The molecule has 0 aliphatic rings. The van der Waals surface area contributed by atoms with Gasteiger partial charge in [-0.05, 0) is 20.3 Å². The highest BCUT2D eigenvalue weighted by Crippen LogP contribution is 2.12. The summed E-state index contributed by atoms with van der Waals surface area (Å²) in [6.45, 7) is 4.45. The van der Waals surface area contributed by atoms with Crippen molar-refractivity contribution in [3.63, 3.8) is 0 Å². The van der Waals surface area contributed by atoms with Gasteiger partial charge in [-0.25, -0.2) is 0 Å². The van der Waals surface area contributed by atoms with E-state index in [1.807, 2.05) is 6.07 Å². The van der Waals surface area contributed by atoms with Gasteiger partial charge in [0, 0.05) is 13.2 Å². The van der Waals surface area contributed by atoms with E-state index in [-0.39, 0.29) is 12.5 Å². The van der Waals surface area contributed by atoms with Crippen molar-refractivity contribution in [3.05, 3.63) is 0 Å². The Morgan fingerprint density at radius 3 is 2.73 bits per heavy atom. The number of amides is 1. The van der Waals surface area contributed by atoms with E-state index in [4.69, 9.17) is 15.1 Å². The Bertz CT molecular complexity index is 233. The van der Waals surface area contributed by atoms with Crippen molar-refractivity contribution in [2.75, 3.05) is 26.4 Å². The van der Waals surface area contributed by atoms with Crippen molar-refractivity contribution in [1.29, 1.82) is 5.26 Å². The lowest BCUT2D eigenvalue weighted by atomic mass is 9.95. The number of nitrogens with zero attached hydrogens (tertiary/aromatic N) is 1. The Hall–Kier alpha value is -1.12. The molecule has 5 nitrogen and oxygen atoms in total. The lowest BCUT2D eigenvalue weighted by Crippen LogP contribution is -2.36. The first kappa shape index (κ1) is 13.9. The van der Waals surface area contributed by atoms with Crippen LogP contribution in [-0.4, -0.2) is 37.4 Å². The minimum absolute atomic E-state index is 0.00776. The summed E-state index contributed by atoms with van der Waals surface area (Å²) in [5.41, 5.74) is -0.980. The standard InChI is InChI=1S/C10H18N2O3/c1-10(2,8-11)9(14)12-4-3-6-15-7-5-13/h13H,3-7H2,1-2H3,(H,12,14). The van der Waals surface area contributed by atoms with Crippen molar-refractivity contribution < 1.29 is 14.6 Å². The second kappa shape index (κ2) is 7.21. The van der Waals surface area contributed by atoms with Crippen molar-refractivity contribution in [1.82, 2.24) is 5.32 Å². The van der Waals surface area contributed by atoms with E-state index in [1.54, 1.807) is 13.8 Å². The quantitative estimate of drug-likeness (QED) is 0.587. The maximum atomic E-state index is 11.4. The minimum Gasteiger partial charge on any atom is -0.394 e. The van der Waals surface area contributed by atoms with Crippen LogP contribution in [0.2, 0.25) is 0 Å². The Morgan fingerprint density at radius 2 is 2.20 bits per heavy atom. The van der Waals surface area contributed by atoms with Crippen LogP contribution >= 0.6 is 0 Å². The predicted molar refractivity (Wildman–Crippen MR) is 54.9 cm³/mol. The number of carbonyl (C=O) groups is 1. The van der Waals surface area contributed by atoms with Crippen LogP contribution in [0.1, 0.15) is 20.3 Å². The number of hydrogen-bond acceptors (Lipinski definition) is 4. The number of carbonyl (C=O) groups excluding carboxylic acids is 1. The van der Waals surface area contributed by atoms with Crippen LogP contribution in [0, 0.1) is 16.7 Å². The van der Waals surface area contributed by atoms with Gasteiger partial charge in [0.05, 0.1) is 19.3 Å². The molecule has 0 radical (unpaired) electrons. The van der Waals surface area contributed by atoms with Gasteiger partial charge in [0.25, 0.3) is 0 Å². The van der Waals surface area contributed by atoms with E-state index in [2.05, 4.69) is 5.32 Å². The fraction of sp³-hybridized carbons (Fsp3) is 0.800. The molecule has 0 saturated heterocycles. The van der Waals surface area contributed by atoms with Gasteiger partial charge in [-0.15, -0.1) is 0 Å². The third kappa shape index (κ3) is 6.05. The van der Waals surface area contributed by atoms with Crippen LogP contribution in [0.25, 0.3) is 0 Å². The third-order valence-corrected chi connectivity index (χ3v) is 1.83. The molecule has 15 heavy (non-hydrogen) atoms. The van der Waals surface area contributed by atoms with Crippen LogP contribution in [-0.2, 0) is 9.53 Å². The van der Waals surface area contributed by atoms with Crippen LogP contribution in [0.15, 0.2) is 0 Å². The van der Waals surface area contributed by atoms with Crippen LogP contribution in [0.4, 0.5) is 0 Å². The minimum atomic E-state index is -0.980. The second-order valence-electron chi connectivity index (χ2n) is 3.68. The molecule has 0 saturated carbocycles. The van der Waals surface area contributed by atoms with Gasteiger partial charge in [-0.1, -0.05) is 0 Å². The largest absolute Gasteiger partial charge is 0.394 e. The van der Waals surface area contributed by atoms with Gasteiger partial charge in [0.15, 0.2) is 0 Å².